The summed E-state index contributed by atoms with van der Waals surface area (Å²) in [6, 6.07) is 4.02. The zero-order valence-electron chi connectivity index (χ0n) is 14.2. The molecule has 1 aromatic rings. The first-order valence-electron chi connectivity index (χ1n) is 8.38. The van der Waals surface area contributed by atoms with Crippen LogP contribution in [0.4, 0.5) is 0 Å². The molecule has 1 aliphatic rings. The SMILES string of the molecule is COC1CCC(C(=O)N(Cc2ccco2)C(C)C(C)C)CC1. The van der Waals surface area contributed by atoms with Crippen molar-refractivity contribution in [3.63, 3.8) is 0 Å². The van der Waals surface area contributed by atoms with Gasteiger partial charge in [-0.2, -0.15) is 0 Å². The Labute approximate surface area is 133 Å². The number of hydrogen-bond acceptors (Lipinski definition) is 3. The minimum absolute atomic E-state index is 0.127. The topological polar surface area (TPSA) is 42.7 Å². The summed E-state index contributed by atoms with van der Waals surface area (Å²) in [5.41, 5.74) is 0. The molecule has 4 nitrogen and oxygen atoms in total. The Morgan fingerprint density at radius 1 is 1.32 bits per heavy atom. The van der Waals surface area contributed by atoms with E-state index in [1.807, 2.05) is 17.0 Å². The first-order chi connectivity index (χ1) is 10.5. The van der Waals surface area contributed by atoms with Crippen LogP contribution in [0.5, 0.6) is 0 Å². The van der Waals surface area contributed by atoms with Crippen molar-refractivity contribution < 1.29 is 13.9 Å². The second-order valence-corrected chi connectivity index (χ2v) is 6.74. The van der Waals surface area contributed by atoms with E-state index in [4.69, 9.17) is 9.15 Å². The first kappa shape index (κ1) is 17.1. The van der Waals surface area contributed by atoms with Gasteiger partial charge in [-0.05, 0) is 50.7 Å². The summed E-state index contributed by atoms with van der Waals surface area (Å²) in [7, 11) is 1.76. The highest BCUT2D eigenvalue weighted by Gasteiger charge is 2.32. The van der Waals surface area contributed by atoms with Crippen LogP contribution in [0.25, 0.3) is 0 Å². The van der Waals surface area contributed by atoms with Gasteiger partial charge < -0.3 is 14.1 Å². The molecule has 0 aliphatic heterocycles. The fraction of sp³-hybridized carbons (Fsp3) is 0.722. The van der Waals surface area contributed by atoms with Gasteiger partial charge in [0.25, 0.3) is 0 Å². The Balaban J connectivity index is 2.05. The van der Waals surface area contributed by atoms with Crippen LogP contribution >= 0.6 is 0 Å². The highest BCUT2D eigenvalue weighted by molar-refractivity contribution is 5.79. The van der Waals surface area contributed by atoms with Gasteiger partial charge in [0.05, 0.1) is 18.9 Å². The summed E-state index contributed by atoms with van der Waals surface area (Å²) in [5.74, 6) is 1.68. The molecule has 1 heterocycles. The average Bonchev–Trinajstić information content (AvgIpc) is 3.04. The van der Waals surface area contributed by atoms with E-state index in [0.29, 0.717) is 18.6 Å². The minimum atomic E-state index is 0.127. The number of ether oxygens (including phenoxy) is 1. The van der Waals surface area contributed by atoms with Crippen molar-refractivity contribution in [3.05, 3.63) is 24.2 Å². The van der Waals surface area contributed by atoms with Crippen molar-refractivity contribution in [1.82, 2.24) is 4.90 Å². The minimum Gasteiger partial charge on any atom is -0.467 e. The van der Waals surface area contributed by atoms with Crippen LogP contribution in [0.2, 0.25) is 0 Å². The molecule has 0 aromatic carbocycles. The zero-order chi connectivity index (χ0) is 16.1. The van der Waals surface area contributed by atoms with Crippen LogP contribution in [-0.4, -0.2) is 30.1 Å². The van der Waals surface area contributed by atoms with Crippen LogP contribution in [0, 0.1) is 11.8 Å². The molecule has 0 saturated heterocycles. The second-order valence-electron chi connectivity index (χ2n) is 6.74. The summed E-state index contributed by atoms with van der Waals surface area (Å²) in [5, 5.41) is 0. The fourth-order valence-electron chi connectivity index (χ4n) is 3.13. The normalized spacial score (nSPS) is 23.5. The van der Waals surface area contributed by atoms with Crippen LogP contribution < -0.4 is 0 Å². The molecule has 0 bridgehead atoms. The number of carbonyl (C=O) groups excluding carboxylic acids is 1. The smallest absolute Gasteiger partial charge is 0.226 e. The largest absolute Gasteiger partial charge is 0.467 e. The maximum Gasteiger partial charge on any atom is 0.226 e. The summed E-state index contributed by atoms with van der Waals surface area (Å²) < 4.78 is 10.9. The Morgan fingerprint density at radius 2 is 2.00 bits per heavy atom. The molecular formula is C18H29NO3. The molecule has 22 heavy (non-hydrogen) atoms. The molecule has 2 rings (SSSR count). The van der Waals surface area contributed by atoms with Crippen LogP contribution in [-0.2, 0) is 16.1 Å². The molecule has 1 atom stereocenters. The second kappa shape index (κ2) is 7.82. The molecule has 0 N–H and O–H groups in total. The van der Waals surface area contributed by atoms with E-state index < -0.39 is 0 Å². The lowest BCUT2D eigenvalue weighted by molar-refractivity contribution is -0.141. The Bertz CT molecular complexity index is 447. The summed E-state index contributed by atoms with van der Waals surface area (Å²) in [6.45, 7) is 7.02. The summed E-state index contributed by atoms with van der Waals surface area (Å²) in [6.07, 6.45) is 5.81. The van der Waals surface area contributed by atoms with E-state index >= 15 is 0 Å². The van der Waals surface area contributed by atoms with Crippen molar-refractivity contribution in [2.24, 2.45) is 11.8 Å². The van der Waals surface area contributed by atoms with E-state index in [2.05, 4.69) is 20.8 Å². The van der Waals surface area contributed by atoms with Crippen molar-refractivity contribution in [2.75, 3.05) is 7.11 Å². The third kappa shape index (κ3) is 4.13. The maximum absolute atomic E-state index is 13.0. The lowest BCUT2D eigenvalue weighted by Gasteiger charge is -2.36. The van der Waals surface area contributed by atoms with Crippen molar-refractivity contribution in [1.29, 1.82) is 0 Å². The summed E-state index contributed by atoms with van der Waals surface area (Å²) >= 11 is 0. The highest BCUT2D eigenvalue weighted by Crippen LogP contribution is 2.29. The third-order valence-corrected chi connectivity index (χ3v) is 5.00. The van der Waals surface area contributed by atoms with Gasteiger partial charge in [0.1, 0.15) is 5.76 Å². The van der Waals surface area contributed by atoms with Crippen molar-refractivity contribution >= 4 is 5.91 Å². The molecule has 1 aliphatic carbocycles. The number of hydrogen-bond donors (Lipinski definition) is 0. The molecule has 0 radical (unpaired) electrons. The summed E-state index contributed by atoms with van der Waals surface area (Å²) in [4.78, 5) is 15.0. The van der Waals surface area contributed by atoms with Gasteiger partial charge >= 0.3 is 0 Å². The quantitative estimate of drug-likeness (QED) is 0.801. The molecule has 4 heteroatoms. The number of furan rings is 1. The van der Waals surface area contributed by atoms with Gasteiger partial charge in [-0.3, -0.25) is 4.79 Å². The third-order valence-electron chi connectivity index (χ3n) is 5.00. The van der Waals surface area contributed by atoms with Crippen LogP contribution in [0.1, 0.15) is 52.2 Å². The van der Waals surface area contributed by atoms with Gasteiger partial charge in [-0.25, -0.2) is 0 Å². The predicted molar refractivity (Wildman–Crippen MR) is 86.3 cm³/mol. The van der Waals surface area contributed by atoms with Crippen molar-refractivity contribution in [3.8, 4) is 0 Å². The van der Waals surface area contributed by atoms with Gasteiger partial charge in [0.2, 0.25) is 5.91 Å². The standard InChI is InChI=1S/C18H29NO3/c1-13(2)14(3)19(12-17-6-5-11-22-17)18(20)15-7-9-16(21-4)10-8-15/h5-6,11,13-16H,7-10,12H2,1-4H3. The molecular weight excluding hydrogens is 278 g/mol. The van der Waals surface area contributed by atoms with E-state index in [1.54, 1.807) is 13.4 Å². The fourth-order valence-corrected chi connectivity index (χ4v) is 3.13. The molecule has 1 fully saturated rings. The van der Waals surface area contributed by atoms with E-state index in [-0.39, 0.29) is 17.9 Å². The van der Waals surface area contributed by atoms with Crippen LogP contribution in [0.15, 0.2) is 22.8 Å². The molecule has 1 aromatic heterocycles. The van der Waals surface area contributed by atoms with Crippen molar-refractivity contribution in [2.45, 2.75) is 65.1 Å². The lowest BCUT2D eigenvalue weighted by atomic mass is 9.85. The van der Waals surface area contributed by atoms with Gasteiger partial charge in [0.15, 0.2) is 0 Å². The van der Waals surface area contributed by atoms with Gasteiger partial charge in [-0.1, -0.05) is 13.8 Å². The maximum atomic E-state index is 13.0. The molecule has 124 valence electrons. The van der Waals surface area contributed by atoms with E-state index in [1.165, 1.54) is 0 Å². The van der Waals surface area contributed by atoms with E-state index in [0.717, 1.165) is 31.4 Å². The number of amides is 1. The number of carbonyl (C=O) groups is 1. The molecule has 1 saturated carbocycles. The Hall–Kier alpha value is -1.29. The van der Waals surface area contributed by atoms with E-state index in [9.17, 15) is 4.79 Å². The van der Waals surface area contributed by atoms with Crippen LogP contribution in [0.3, 0.4) is 0 Å². The molecule has 1 unspecified atom stereocenters. The molecule has 1 amide bonds. The number of nitrogens with zero attached hydrogens (tertiary/aromatic N) is 1. The first-order valence-corrected chi connectivity index (χ1v) is 8.38. The molecule has 0 spiro atoms. The van der Waals surface area contributed by atoms with Gasteiger partial charge in [0, 0.05) is 19.1 Å². The zero-order valence-corrected chi connectivity index (χ0v) is 14.2. The predicted octanol–water partition coefficient (Wildman–Crippen LogP) is 3.86. The number of rotatable bonds is 6. The average molecular weight is 307 g/mol. The lowest BCUT2D eigenvalue weighted by Crippen LogP contribution is -2.45. The highest BCUT2D eigenvalue weighted by atomic mass is 16.5. The number of methoxy groups -OCH3 is 1. The monoisotopic (exact) mass is 307 g/mol. The van der Waals surface area contributed by atoms with Gasteiger partial charge in [-0.15, -0.1) is 0 Å². The Kier molecular flexibility index (Phi) is 6.07. The Morgan fingerprint density at radius 3 is 2.50 bits per heavy atom.